The van der Waals surface area contributed by atoms with Gasteiger partial charge in [-0.25, -0.2) is 0 Å². The number of fused-ring (bicyclic) bond motifs is 1. The first-order chi connectivity index (χ1) is 15.8. The van der Waals surface area contributed by atoms with E-state index in [0.717, 1.165) is 24.1 Å². The van der Waals surface area contributed by atoms with Gasteiger partial charge in [0.1, 0.15) is 23.9 Å². The van der Waals surface area contributed by atoms with Crippen molar-refractivity contribution in [3.63, 3.8) is 0 Å². The predicted octanol–water partition coefficient (Wildman–Crippen LogP) is 1.81. The molecule has 2 fully saturated rings. The minimum atomic E-state index is -1.01. The third kappa shape index (κ3) is 4.71. The van der Waals surface area contributed by atoms with Crippen LogP contribution in [0.2, 0.25) is 0 Å². The van der Waals surface area contributed by atoms with Gasteiger partial charge in [0.05, 0.1) is 6.10 Å². The molecule has 1 aliphatic carbocycles. The number of ketones is 1. The first kappa shape index (κ1) is 22.8. The van der Waals surface area contributed by atoms with Crippen LogP contribution >= 0.6 is 0 Å². The van der Waals surface area contributed by atoms with E-state index in [1.54, 1.807) is 24.3 Å². The van der Waals surface area contributed by atoms with Gasteiger partial charge in [0.2, 0.25) is 5.91 Å². The highest BCUT2D eigenvalue weighted by Crippen LogP contribution is 2.37. The number of rotatable bonds is 7. The zero-order valence-corrected chi connectivity index (χ0v) is 18.8. The molecule has 8 heteroatoms. The first-order valence-electron chi connectivity index (χ1n) is 11.1. The lowest BCUT2D eigenvalue weighted by Crippen LogP contribution is -2.60. The normalized spacial score (nSPS) is 22.5. The van der Waals surface area contributed by atoms with Gasteiger partial charge in [-0.2, -0.15) is 0 Å². The fraction of sp³-hybridized carbons (Fsp3) is 0.400. The van der Waals surface area contributed by atoms with Gasteiger partial charge in [-0.1, -0.05) is 12.1 Å². The van der Waals surface area contributed by atoms with Crippen molar-refractivity contribution >= 4 is 23.3 Å². The molecule has 3 N–H and O–H groups in total. The lowest BCUT2D eigenvalue weighted by atomic mass is 9.91. The average molecular weight is 452 g/mol. The van der Waals surface area contributed by atoms with E-state index in [-0.39, 0.29) is 36.6 Å². The summed E-state index contributed by atoms with van der Waals surface area (Å²) < 4.78 is 5.60. The molecule has 174 valence electrons. The maximum Gasteiger partial charge on any atom is 0.251 e. The monoisotopic (exact) mass is 451 g/mol. The molecule has 2 aliphatic rings. The number of carbonyl (C=O) groups excluding carboxylic acids is 3. The van der Waals surface area contributed by atoms with Gasteiger partial charge in [0.15, 0.2) is 5.78 Å². The Morgan fingerprint density at radius 3 is 2.52 bits per heavy atom. The molecule has 0 spiro atoms. The van der Waals surface area contributed by atoms with Crippen molar-refractivity contribution in [2.45, 2.75) is 43.4 Å². The number of hydrogen-bond donors (Lipinski definition) is 3. The lowest BCUT2D eigenvalue weighted by molar-refractivity contribution is -0.131. The average Bonchev–Trinajstić information content (AvgIpc) is 3.34. The van der Waals surface area contributed by atoms with Gasteiger partial charge < -0.3 is 25.4 Å². The lowest BCUT2D eigenvalue weighted by Gasteiger charge is -2.30. The first-order valence-corrected chi connectivity index (χ1v) is 11.1. The Hall–Kier alpha value is -3.39. The van der Waals surface area contributed by atoms with Crippen LogP contribution in [-0.4, -0.2) is 61.1 Å². The van der Waals surface area contributed by atoms with Crippen LogP contribution in [0.1, 0.15) is 35.2 Å². The minimum absolute atomic E-state index is 0.00183. The summed E-state index contributed by atoms with van der Waals surface area (Å²) in [6.07, 6.45) is 1.94. The Kier molecular flexibility index (Phi) is 6.37. The van der Waals surface area contributed by atoms with E-state index in [1.165, 1.54) is 12.1 Å². The van der Waals surface area contributed by atoms with Crippen molar-refractivity contribution in [3.8, 4) is 5.75 Å². The second-order valence-electron chi connectivity index (χ2n) is 8.91. The molecule has 3 atom stereocenters. The maximum atomic E-state index is 13.4. The van der Waals surface area contributed by atoms with Crippen LogP contribution in [0.25, 0.3) is 0 Å². The highest BCUT2D eigenvalue weighted by atomic mass is 16.5. The second kappa shape index (κ2) is 9.23. The quantitative estimate of drug-likeness (QED) is 0.593. The van der Waals surface area contributed by atoms with Crippen molar-refractivity contribution in [1.82, 2.24) is 10.6 Å². The van der Waals surface area contributed by atoms with Crippen molar-refractivity contribution in [3.05, 3.63) is 59.7 Å². The van der Waals surface area contributed by atoms with E-state index < -0.39 is 17.5 Å². The van der Waals surface area contributed by atoms with Gasteiger partial charge in [-0.15, -0.1) is 0 Å². The largest absolute Gasteiger partial charge is 0.508 e. The predicted molar refractivity (Wildman–Crippen MR) is 123 cm³/mol. The number of phenolic OH excluding ortho intramolecular Hbond substituents is 1. The number of aromatic hydroxyl groups is 1. The third-order valence-electron chi connectivity index (χ3n) is 6.49. The summed E-state index contributed by atoms with van der Waals surface area (Å²) in [5, 5.41) is 15.3. The van der Waals surface area contributed by atoms with Crippen LogP contribution in [-0.2, 0) is 20.7 Å². The fourth-order valence-electron chi connectivity index (χ4n) is 4.57. The molecule has 3 unspecified atom stereocenters. The van der Waals surface area contributed by atoms with Crippen molar-refractivity contribution in [2.24, 2.45) is 0 Å². The van der Waals surface area contributed by atoms with Crippen LogP contribution in [0.15, 0.2) is 48.5 Å². The maximum absolute atomic E-state index is 13.4. The van der Waals surface area contributed by atoms with Gasteiger partial charge in [0.25, 0.3) is 5.91 Å². The van der Waals surface area contributed by atoms with Crippen LogP contribution in [0.5, 0.6) is 5.75 Å². The van der Waals surface area contributed by atoms with Crippen LogP contribution in [0.3, 0.4) is 0 Å². The summed E-state index contributed by atoms with van der Waals surface area (Å²) in [6.45, 7) is -0.00183. The molecule has 4 rings (SSSR count). The number of benzene rings is 2. The number of hydrogen-bond acceptors (Lipinski definition) is 6. The van der Waals surface area contributed by atoms with E-state index >= 15 is 0 Å². The summed E-state index contributed by atoms with van der Waals surface area (Å²) >= 11 is 0. The zero-order valence-electron chi connectivity index (χ0n) is 18.8. The number of nitrogens with one attached hydrogen (secondary N) is 2. The van der Waals surface area contributed by atoms with E-state index in [2.05, 4.69) is 10.6 Å². The van der Waals surface area contributed by atoms with Gasteiger partial charge in [-0.3, -0.25) is 14.4 Å². The van der Waals surface area contributed by atoms with Crippen molar-refractivity contribution < 1.29 is 24.2 Å². The number of ether oxygens (including phenoxy) is 1. The minimum Gasteiger partial charge on any atom is -0.508 e. The van der Waals surface area contributed by atoms with Crippen LogP contribution < -0.4 is 15.5 Å². The number of Topliss-reactive ketones (excluding diaryl/α,β-unsaturated/α-hetero) is 1. The molecular formula is C25H29N3O5. The Labute approximate surface area is 192 Å². The van der Waals surface area contributed by atoms with Crippen molar-refractivity contribution in [1.29, 1.82) is 0 Å². The number of carbonyl (C=O) groups is 3. The molecule has 33 heavy (non-hydrogen) atoms. The standard InChI is InChI=1S/C25H29N3O5/c1-28(2)18-9-7-17(8-10-18)23(31)26-20(14-16-5-11-19(29)12-6-16)24(32)27-25-13-3-4-22(25)33-15-21(25)30/h5-12,20,22,29H,3-4,13-15H2,1-2H3,(H,26,31)(H,27,32). The Morgan fingerprint density at radius 1 is 1.15 bits per heavy atom. The molecule has 0 bridgehead atoms. The summed E-state index contributed by atoms with van der Waals surface area (Å²) in [6, 6.07) is 12.7. The summed E-state index contributed by atoms with van der Waals surface area (Å²) in [5.41, 5.74) is 1.14. The molecule has 2 amide bonds. The molecule has 1 saturated heterocycles. The Balaban J connectivity index is 1.54. The zero-order chi connectivity index (χ0) is 23.6. The number of anilines is 1. The van der Waals surface area contributed by atoms with E-state index in [4.69, 9.17) is 4.74 Å². The SMILES string of the molecule is CN(C)c1ccc(C(=O)NC(Cc2ccc(O)cc2)C(=O)NC23CCCC2OCC3=O)cc1. The molecule has 8 nitrogen and oxygen atoms in total. The molecule has 1 aliphatic heterocycles. The van der Waals surface area contributed by atoms with Gasteiger partial charge >= 0.3 is 0 Å². The third-order valence-corrected chi connectivity index (χ3v) is 6.49. The van der Waals surface area contributed by atoms with Crippen molar-refractivity contribution in [2.75, 3.05) is 25.6 Å². The van der Waals surface area contributed by atoms with Crippen LogP contribution in [0.4, 0.5) is 5.69 Å². The smallest absolute Gasteiger partial charge is 0.251 e. The molecule has 0 radical (unpaired) electrons. The summed E-state index contributed by atoms with van der Waals surface area (Å²) in [4.78, 5) is 40.9. The summed E-state index contributed by atoms with van der Waals surface area (Å²) in [5.74, 6) is -0.806. The van der Waals surface area contributed by atoms with E-state index in [1.807, 2.05) is 31.1 Å². The highest BCUT2D eigenvalue weighted by molar-refractivity contribution is 6.00. The molecule has 2 aromatic rings. The van der Waals surface area contributed by atoms with Gasteiger partial charge in [0, 0.05) is 31.8 Å². The molecule has 1 heterocycles. The number of phenols is 1. The van der Waals surface area contributed by atoms with E-state index in [9.17, 15) is 19.5 Å². The molecular weight excluding hydrogens is 422 g/mol. The van der Waals surface area contributed by atoms with E-state index in [0.29, 0.717) is 12.0 Å². The highest BCUT2D eigenvalue weighted by Gasteiger charge is 2.55. The Morgan fingerprint density at radius 2 is 1.85 bits per heavy atom. The van der Waals surface area contributed by atoms with Crippen LogP contribution in [0, 0.1) is 0 Å². The fourth-order valence-corrected chi connectivity index (χ4v) is 4.57. The second-order valence-corrected chi connectivity index (χ2v) is 8.91. The van der Waals surface area contributed by atoms with Gasteiger partial charge in [-0.05, 0) is 61.2 Å². The summed E-state index contributed by atoms with van der Waals surface area (Å²) in [7, 11) is 3.83. The Bertz CT molecular complexity index is 1040. The number of amides is 2. The number of nitrogens with zero attached hydrogens (tertiary/aromatic N) is 1. The molecule has 2 aromatic carbocycles. The molecule has 0 aromatic heterocycles. The topological polar surface area (TPSA) is 108 Å². The molecule has 1 saturated carbocycles.